The number of hydrogen-bond acceptors (Lipinski definition) is 14. The SMILES string of the molecule is Cc1ccc(OC(=O)C(CC(C)C)NC(=O)C(CC(=O)OC(C)(C)C)NC(=O)C(COC(C)(C)C)NC(=O)C(NC(=O)C(Cc2ccccc2)NC(=O)C(NC(=O)OCC2c3ccccc3-c3ccccc32)C(C)OC(C)(C)C)C(C)OC(C)(C)C)cc1. The van der Waals surface area contributed by atoms with Crippen LogP contribution in [0.3, 0.4) is 0 Å². The average molecular weight is 1220 g/mol. The Morgan fingerprint density at radius 2 is 0.955 bits per heavy atom. The van der Waals surface area contributed by atoms with Crippen molar-refractivity contribution >= 4 is 47.6 Å². The smallest absolute Gasteiger partial charge is 0.407 e. The van der Waals surface area contributed by atoms with E-state index in [1.54, 1.807) is 152 Å². The quantitative estimate of drug-likeness (QED) is 0.0242. The Labute approximate surface area is 519 Å². The number of carbonyl (C=O) groups is 8. The molecule has 20 nitrogen and oxygen atoms in total. The van der Waals surface area contributed by atoms with Gasteiger partial charge in [-0.25, -0.2) is 9.59 Å². The number of alkyl carbamates (subject to hydrolysis) is 1. The first-order valence-electron chi connectivity index (χ1n) is 30.1. The Hall–Kier alpha value is -7.68. The molecule has 1 aliphatic rings. The van der Waals surface area contributed by atoms with E-state index in [4.69, 9.17) is 28.4 Å². The molecule has 1 aliphatic carbocycles. The summed E-state index contributed by atoms with van der Waals surface area (Å²) >= 11 is 0. The van der Waals surface area contributed by atoms with Crippen LogP contribution in [0.15, 0.2) is 103 Å². The molecule has 88 heavy (non-hydrogen) atoms. The lowest BCUT2D eigenvalue weighted by atomic mass is 9.98. The van der Waals surface area contributed by atoms with Gasteiger partial charge in [0.2, 0.25) is 29.5 Å². The summed E-state index contributed by atoms with van der Waals surface area (Å²) in [6.45, 7) is 29.0. The van der Waals surface area contributed by atoms with Gasteiger partial charge in [0.15, 0.2) is 0 Å². The highest BCUT2D eigenvalue weighted by molar-refractivity contribution is 5.98. The fourth-order valence-corrected chi connectivity index (χ4v) is 9.95. The van der Waals surface area contributed by atoms with Crippen LogP contribution < -0.4 is 36.6 Å². The van der Waals surface area contributed by atoms with E-state index in [1.807, 2.05) is 69.3 Å². The van der Waals surface area contributed by atoms with Crippen LogP contribution in [0.1, 0.15) is 152 Å². The second kappa shape index (κ2) is 31.0. The van der Waals surface area contributed by atoms with Crippen LogP contribution in [0.25, 0.3) is 11.1 Å². The summed E-state index contributed by atoms with van der Waals surface area (Å²) in [5, 5.41) is 16.3. The number of rotatable bonds is 27. The van der Waals surface area contributed by atoms with Gasteiger partial charge in [0.25, 0.3) is 0 Å². The van der Waals surface area contributed by atoms with Crippen molar-refractivity contribution in [3.8, 4) is 16.9 Å². The number of fused-ring (bicyclic) bond motifs is 3. The Balaban J connectivity index is 1.45. The third-order valence-electron chi connectivity index (χ3n) is 13.7. The fraction of sp³-hybridized carbons (Fsp3) is 0.529. The summed E-state index contributed by atoms with van der Waals surface area (Å²) in [6, 6.07) is 22.5. The molecule has 20 heteroatoms. The number of ether oxygens (including phenoxy) is 6. The number of esters is 2. The van der Waals surface area contributed by atoms with Crippen LogP contribution in [0.2, 0.25) is 0 Å². The van der Waals surface area contributed by atoms with Gasteiger partial charge in [-0.1, -0.05) is 110 Å². The molecule has 4 aromatic rings. The molecule has 0 spiro atoms. The first-order valence-corrected chi connectivity index (χ1v) is 30.1. The predicted molar refractivity (Wildman–Crippen MR) is 335 cm³/mol. The third-order valence-corrected chi connectivity index (χ3v) is 13.7. The number of hydrogen-bond donors (Lipinski definition) is 6. The van der Waals surface area contributed by atoms with Crippen LogP contribution in [-0.4, -0.2) is 132 Å². The molecule has 0 saturated heterocycles. The van der Waals surface area contributed by atoms with Crippen molar-refractivity contribution in [1.29, 1.82) is 0 Å². The lowest BCUT2D eigenvalue weighted by molar-refractivity contribution is -0.157. The number of benzene rings is 4. The molecular weight excluding hydrogens is 1120 g/mol. The van der Waals surface area contributed by atoms with E-state index in [0.717, 1.165) is 27.8 Å². The molecule has 6 N–H and O–H groups in total. The minimum absolute atomic E-state index is 0.0426. The van der Waals surface area contributed by atoms with Crippen LogP contribution in [0.5, 0.6) is 5.75 Å². The molecule has 8 unspecified atom stereocenters. The van der Waals surface area contributed by atoms with Crippen molar-refractivity contribution in [3.05, 3.63) is 125 Å². The van der Waals surface area contributed by atoms with Gasteiger partial charge in [-0.3, -0.25) is 28.8 Å². The Morgan fingerprint density at radius 3 is 1.47 bits per heavy atom. The Kier molecular flexibility index (Phi) is 25.0. The van der Waals surface area contributed by atoms with Gasteiger partial charge in [-0.2, -0.15) is 0 Å². The lowest BCUT2D eigenvalue weighted by Crippen LogP contribution is -2.63. The standard InChI is InChI=1S/C68H94N6O14/c1-40(2)35-53(63(81)85-45-33-31-41(3)32-34-45)71-58(76)52(37-55(75)88-68(15,16)17)69-60(78)54(39-84-65(6,7)8)72-61(79)56(42(4)86-66(9,10)11)73-59(77)51(36-44-25-19-18-20-26-44)70-62(80)57(43(5)87-67(12,13)14)74-64(82)83-38-50-48-29-23-21-27-46(48)47-28-22-24-30-49(47)50/h18-34,40,42-43,50-54,56-57H,35-39H2,1-17H3,(H,69,78)(H,70,80)(H,71,76)(H,72,79)(H,73,77)(H,74,82). The van der Waals surface area contributed by atoms with Crippen LogP contribution in [0, 0.1) is 12.8 Å². The van der Waals surface area contributed by atoms with E-state index in [1.165, 1.54) is 0 Å². The maximum absolute atomic E-state index is 15.1. The summed E-state index contributed by atoms with van der Waals surface area (Å²) in [6.07, 6.45) is -3.65. The maximum Gasteiger partial charge on any atom is 0.407 e. The zero-order valence-electron chi connectivity index (χ0n) is 54.3. The number of nitrogens with one attached hydrogen (secondary N) is 6. The van der Waals surface area contributed by atoms with Crippen molar-refractivity contribution in [3.63, 3.8) is 0 Å². The van der Waals surface area contributed by atoms with E-state index in [9.17, 15) is 28.8 Å². The molecule has 6 amide bonds. The highest BCUT2D eigenvalue weighted by Gasteiger charge is 2.40. The zero-order chi connectivity index (χ0) is 65.5. The third kappa shape index (κ3) is 23.1. The molecule has 0 fully saturated rings. The number of carbonyl (C=O) groups excluding carboxylic acids is 8. The van der Waals surface area contributed by atoms with Crippen LogP contribution in [-0.2, 0) is 63.7 Å². The highest BCUT2D eigenvalue weighted by Crippen LogP contribution is 2.44. The molecule has 5 rings (SSSR count). The first-order chi connectivity index (χ1) is 41.0. The van der Waals surface area contributed by atoms with E-state index >= 15 is 9.59 Å². The second-order valence-electron chi connectivity index (χ2n) is 26.8. The van der Waals surface area contributed by atoms with Crippen LogP contribution >= 0.6 is 0 Å². The molecule has 4 aromatic carbocycles. The van der Waals surface area contributed by atoms with Crippen LogP contribution in [0.4, 0.5) is 4.79 Å². The summed E-state index contributed by atoms with van der Waals surface area (Å²) in [7, 11) is 0. The molecule has 0 saturated carbocycles. The minimum atomic E-state index is -1.67. The van der Waals surface area contributed by atoms with Gasteiger partial charge in [0, 0.05) is 12.3 Å². The summed E-state index contributed by atoms with van der Waals surface area (Å²) < 4.78 is 35.8. The molecule has 0 aliphatic heterocycles. The highest BCUT2D eigenvalue weighted by atomic mass is 16.6. The second-order valence-corrected chi connectivity index (χ2v) is 26.8. The molecule has 0 heterocycles. The molecule has 0 aromatic heterocycles. The lowest BCUT2D eigenvalue weighted by Gasteiger charge is -2.34. The zero-order valence-corrected chi connectivity index (χ0v) is 54.3. The van der Waals surface area contributed by atoms with E-state index in [-0.39, 0.29) is 37.0 Å². The topological polar surface area (TPSA) is 264 Å². The van der Waals surface area contributed by atoms with E-state index < -0.39 is 131 Å². The minimum Gasteiger partial charge on any atom is -0.460 e. The van der Waals surface area contributed by atoms with Gasteiger partial charge in [0.05, 0.1) is 42.0 Å². The molecule has 8 atom stereocenters. The van der Waals surface area contributed by atoms with Crippen molar-refractivity contribution in [2.75, 3.05) is 13.2 Å². The van der Waals surface area contributed by atoms with Gasteiger partial charge in [-0.05, 0) is 156 Å². The molecule has 0 radical (unpaired) electrons. The molecule has 0 bridgehead atoms. The average Bonchev–Trinajstić information content (AvgIpc) is 3.07. The Bertz CT molecular complexity index is 2990. The van der Waals surface area contributed by atoms with Gasteiger partial charge >= 0.3 is 18.0 Å². The fourth-order valence-electron chi connectivity index (χ4n) is 9.95. The predicted octanol–water partition coefficient (Wildman–Crippen LogP) is 8.47. The normalized spacial score (nSPS) is 15.3. The summed E-state index contributed by atoms with van der Waals surface area (Å²) in [5.41, 5.74) is 2.05. The largest absolute Gasteiger partial charge is 0.460 e. The molecular formula is C68H94N6O14. The number of aryl methyl sites for hydroxylation is 1. The number of amides is 6. The monoisotopic (exact) mass is 1220 g/mol. The van der Waals surface area contributed by atoms with Gasteiger partial charge in [0.1, 0.15) is 54.2 Å². The maximum atomic E-state index is 15.1. The van der Waals surface area contributed by atoms with Crippen molar-refractivity contribution in [1.82, 2.24) is 31.9 Å². The van der Waals surface area contributed by atoms with Gasteiger partial charge < -0.3 is 60.3 Å². The van der Waals surface area contributed by atoms with E-state index in [0.29, 0.717) is 5.56 Å². The van der Waals surface area contributed by atoms with Gasteiger partial charge in [-0.15, -0.1) is 0 Å². The summed E-state index contributed by atoms with van der Waals surface area (Å²) in [4.78, 5) is 115. The van der Waals surface area contributed by atoms with E-state index in [2.05, 4.69) is 31.9 Å². The van der Waals surface area contributed by atoms with Crippen molar-refractivity contribution in [2.45, 2.75) is 214 Å². The first kappa shape index (κ1) is 71.1. The van der Waals surface area contributed by atoms with Crippen molar-refractivity contribution in [2.24, 2.45) is 5.92 Å². The molecule has 480 valence electrons. The van der Waals surface area contributed by atoms with Crippen molar-refractivity contribution < 1.29 is 66.8 Å². The Morgan fingerprint density at radius 1 is 0.489 bits per heavy atom. The summed E-state index contributed by atoms with van der Waals surface area (Å²) in [5.74, 6) is -6.28.